The van der Waals surface area contributed by atoms with Gasteiger partial charge in [0.1, 0.15) is 0 Å². The summed E-state index contributed by atoms with van der Waals surface area (Å²) in [6.45, 7) is 6.07. The van der Waals surface area contributed by atoms with Crippen LogP contribution in [0, 0.1) is 0 Å². The van der Waals surface area contributed by atoms with Crippen molar-refractivity contribution >= 4 is 22.4 Å². The minimum atomic E-state index is 0.673. The molecule has 1 aromatic rings. The van der Waals surface area contributed by atoms with Gasteiger partial charge in [0.05, 0.1) is 13.2 Å². The zero-order valence-electron chi connectivity index (χ0n) is 12.8. The number of guanidine groups is 1. The van der Waals surface area contributed by atoms with E-state index in [-0.39, 0.29) is 0 Å². The number of nitrogens with zero attached hydrogens (tertiary/aromatic N) is 4. The summed E-state index contributed by atoms with van der Waals surface area (Å²) in [4.78, 5) is 13.4. The lowest BCUT2D eigenvalue weighted by Crippen LogP contribution is -2.51. The van der Waals surface area contributed by atoms with Crippen LogP contribution in [0.2, 0.25) is 0 Å². The number of hydrogen-bond donors (Lipinski definition) is 1. The van der Waals surface area contributed by atoms with Crippen molar-refractivity contribution in [1.29, 1.82) is 0 Å². The van der Waals surface area contributed by atoms with Gasteiger partial charge in [-0.15, -0.1) is 11.3 Å². The Morgan fingerprint density at radius 2 is 2.23 bits per heavy atom. The summed E-state index contributed by atoms with van der Waals surface area (Å²) >= 11 is 1.69. The van der Waals surface area contributed by atoms with E-state index in [0.717, 1.165) is 63.9 Å². The molecule has 3 rings (SSSR count). The van der Waals surface area contributed by atoms with Crippen LogP contribution in [0.4, 0.5) is 5.13 Å². The smallest absolute Gasteiger partial charge is 0.191 e. The van der Waals surface area contributed by atoms with Crippen LogP contribution in [0.3, 0.4) is 0 Å². The maximum atomic E-state index is 6.13. The van der Waals surface area contributed by atoms with Crippen LogP contribution in [-0.2, 0) is 4.74 Å². The number of anilines is 1. The number of aromatic nitrogens is 1. The van der Waals surface area contributed by atoms with Crippen molar-refractivity contribution in [2.75, 3.05) is 50.8 Å². The van der Waals surface area contributed by atoms with Crippen molar-refractivity contribution in [2.45, 2.75) is 12.8 Å². The van der Waals surface area contributed by atoms with Gasteiger partial charge in [-0.2, -0.15) is 0 Å². The fraction of sp³-hybridized carbons (Fsp3) is 0.600. The Hall–Kier alpha value is -1.60. The standard InChI is InChI=1S/C15H23N5OS/c16-14(17-4-1-13-2-10-21-11-3-13)19-6-8-20(9-7-19)15-18-5-12-22-15/h2,5,12H,1,3-4,6-11H2,(H2,16,17). The largest absolute Gasteiger partial charge is 0.377 e. The van der Waals surface area contributed by atoms with E-state index in [2.05, 4.69) is 25.9 Å². The Kier molecular flexibility index (Phi) is 5.29. The van der Waals surface area contributed by atoms with Crippen molar-refractivity contribution in [3.05, 3.63) is 23.2 Å². The average Bonchev–Trinajstić information content (AvgIpc) is 3.10. The summed E-state index contributed by atoms with van der Waals surface area (Å²) in [6, 6.07) is 0. The highest BCUT2D eigenvalue weighted by Gasteiger charge is 2.19. The SMILES string of the molecule is NC(=NCCC1=CCOCC1)N1CCN(c2nccs2)CC1. The van der Waals surface area contributed by atoms with Crippen molar-refractivity contribution in [3.8, 4) is 0 Å². The summed E-state index contributed by atoms with van der Waals surface area (Å²) in [6.07, 6.45) is 6.04. The molecule has 1 aromatic heterocycles. The molecule has 7 heteroatoms. The molecule has 2 aliphatic rings. The third-order valence-corrected chi connectivity index (χ3v) is 4.89. The normalized spacial score (nSPS) is 20.2. The molecule has 22 heavy (non-hydrogen) atoms. The molecular weight excluding hydrogens is 298 g/mol. The minimum absolute atomic E-state index is 0.673. The highest BCUT2D eigenvalue weighted by molar-refractivity contribution is 7.13. The Labute approximate surface area is 135 Å². The third-order valence-electron chi connectivity index (χ3n) is 4.06. The Morgan fingerprint density at radius 3 is 2.91 bits per heavy atom. The molecule has 0 amide bonds. The molecule has 1 saturated heterocycles. The van der Waals surface area contributed by atoms with E-state index >= 15 is 0 Å². The molecule has 2 N–H and O–H groups in total. The van der Waals surface area contributed by atoms with Gasteiger partial charge in [0.2, 0.25) is 0 Å². The van der Waals surface area contributed by atoms with E-state index in [1.165, 1.54) is 5.57 Å². The van der Waals surface area contributed by atoms with Gasteiger partial charge >= 0.3 is 0 Å². The molecule has 120 valence electrons. The second-order valence-electron chi connectivity index (χ2n) is 5.47. The van der Waals surface area contributed by atoms with Crippen molar-refractivity contribution in [2.24, 2.45) is 10.7 Å². The maximum absolute atomic E-state index is 6.13. The lowest BCUT2D eigenvalue weighted by atomic mass is 10.1. The third kappa shape index (κ3) is 3.98. The van der Waals surface area contributed by atoms with E-state index in [1.807, 2.05) is 11.6 Å². The zero-order valence-corrected chi connectivity index (χ0v) is 13.6. The predicted octanol–water partition coefficient (Wildman–Crippen LogP) is 1.32. The van der Waals surface area contributed by atoms with E-state index in [1.54, 1.807) is 11.3 Å². The van der Waals surface area contributed by atoms with Gasteiger partial charge < -0.3 is 20.3 Å². The molecule has 2 aliphatic heterocycles. The number of ether oxygens (including phenoxy) is 1. The first kappa shape index (κ1) is 15.3. The van der Waals surface area contributed by atoms with Gasteiger partial charge in [-0.05, 0) is 12.8 Å². The van der Waals surface area contributed by atoms with Gasteiger partial charge in [0.15, 0.2) is 11.1 Å². The van der Waals surface area contributed by atoms with Crippen LogP contribution in [0.25, 0.3) is 0 Å². The second-order valence-corrected chi connectivity index (χ2v) is 6.34. The van der Waals surface area contributed by atoms with E-state index in [0.29, 0.717) is 5.96 Å². The van der Waals surface area contributed by atoms with Gasteiger partial charge in [-0.3, -0.25) is 4.99 Å². The van der Waals surface area contributed by atoms with Crippen LogP contribution in [0.15, 0.2) is 28.2 Å². The molecule has 0 atom stereocenters. The van der Waals surface area contributed by atoms with Crippen LogP contribution in [0.1, 0.15) is 12.8 Å². The van der Waals surface area contributed by atoms with E-state index < -0.39 is 0 Å². The fourth-order valence-electron chi connectivity index (χ4n) is 2.71. The highest BCUT2D eigenvalue weighted by atomic mass is 32.1. The number of nitrogens with two attached hydrogens (primary N) is 1. The van der Waals surface area contributed by atoms with Crippen LogP contribution in [-0.4, -0.2) is 61.8 Å². The Balaban J connectivity index is 1.44. The number of rotatable bonds is 4. The Morgan fingerprint density at radius 1 is 1.36 bits per heavy atom. The van der Waals surface area contributed by atoms with E-state index in [9.17, 15) is 0 Å². The summed E-state index contributed by atoms with van der Waals surface area (Å²) in [5.41, 5.74) is 7.57. The number of thiazole rings is 1. The summed E-state index contributed by atoms with van der Waals surface area (Å²) < 4.78 is 5.31. The molecule has 0 aromatic carbocycles. The monoisotopic (exact) mass is 321 g/mol. The molecule has 1 fully saturated rings. The fourth-order valence-corrected chi connectivity index (χ4v) is 3.40. The van der Waals surface area contributed by atoms with Crippen LogP contribution < -0.4 is 10.6 Å². The number of piperazine rings is 1. The van der Waals surface area contributed by atoms with Crippen LogP contribution >= 0.6 is 11.3 Å². The molecule has 0 unspecified atom stereocenters. The summed E-state index contributed by atoms with van der Waals surface area (Å²) in [5.74, 6) is 0.673. The zero-order chi connectivity index (χ0) is 15.2. The molecule has 0 bridgehead atoms. The lowest BCUT2D eigenvalue weighted by Gasteiger charge is -2.35. The Bertz CT molecular complexity index is 520. The molecule has 6 nitrogen and oxygen atoms in total. The molecular formula is C15H23N5OS. The van der Waals surface area contributed by atoms with E-state index in [4.69, 9.17) is 10.5 Å². The lowest BCUT2D eigenvalue weighted by molar-refractivity contribution is 0.153. The summed E-state index contributed by atoms with van der Waals surface area (Å²) in [5, 5.41) is 3.12. The minimum Gasteiger partial charge on any atom is -0.377 e. The first-order chi connectivity index (χ1) is 10.8. The first-order valence-corrected chi connectivity index (χ1v) is 8.66. The van der Waals surface area contributed by atoms with Crippen molar-refractivity contribution < 1.29 is 4.74 Å². The predicted molar refractivity (Wildman–Crippen MR) is 90.5 cm³/mol. The molecule has 0 aliphatic carbocycles. The van der Waals surface area contributed by atoms with Gasteiger partial charge in [-0.1, -0.05) is 11.6 Å². The number of aliphatic imine (C=N–C) groups is 1. The molecule has 3 heterocycles. The number of hydrogen-bond acceptors (Lipinski definition) is 5. The van der Waals surface area contributed by atoms with Crippen molar-refractivity contribution in [1.82, 2.24) is 9.88 Å². The summed E-state index contributed by atoms with van der Waals surface area (Å²) in [7, 11) is 0. The quantitative estimate of drug-likeness (QED) is 0.515. The van der Waals surface area contributed by atoms with Gasteiger partial charge in [0, 0.05) is 44.3 Å². The topological polar surface area (TPSA) is 67.0 Å². The van der Waals surface area contributed by atoms with Gasteiger partial charge in [-0.25, -0.2) is 4.98 Å². The maximum Gasteiger partial charge on any atom is 0.191 e. The van der Waals surface area contributed by atoms with Crippen LogP contribution in [0.5, 0.6) is 0 Å². The molecule has 0 saturated carbocycles. The second kappa shape index (κ2) is 7.60. The first-order valence-electron chi connectivity index (χ1n) is 7.78. The van der Waals surface area contributed by atoms with Crippen molar-refractivity contribution in [3.63, 3.8) is 0 Å². The molecule has 0 radical (unpaired) electrons. The van der Waals surface area contributed by atoms with Gasteiger partial charge in [0.25, 0.3) is 0 Å². The molecule has 0 spiro atoms. The average molecular weight is 321 g/mol. The highest BCUT2D eigenvalue weighted by Crippen LogP contribution is 2.18.